The highest BCUT2D eigenvalue weighted by Crippen LogP contribution is 2.37. The predicted molar refractivity (Wildman–Crippen MR) is 106 cm³/mol. The SMILES string of the molecule is N#Cc1c(NC(=S)NC(=O)c2ccc(Cl)cc2Cl)sc2c1CCCC2. The quantitative estimate of drug-likeness (QED) is 0.689. The van der Waals surface area contributed by atoms with Crippen molar-refractivity contribution >= 4 is 62.8 Å². The van der Waals surface area contributed by atoms with Crippen molar-refractivity contribution in [2.45, 2.75) is 25.7 Å². The molecule has 1 aliphatic rings. The van der Waals surface area contributed by atoms with Crippen LogP contribution in [0.15, 0.2) is 18.2 Å². The summed E-state index contributed by atoms with van der Waals surface area (Å²) in [5.41, 5.74) is 2.01. The van der Waals surface area contributed by atoms with Crippen molar-refractivity contribution in [3.8, 4) is 6.07 Å². The van der Waals surface area contributed by atoms with Gasteiger partial charge in [0.25, 0.3) is 5.91 Å². The third-order valence-corrected chi connectivity index (χ3v) is 5.87. The zero-order valence-corrected chi connectivity index (χ0v) is 16.1. The van der Waals surface area contributed by atoms with Crippen LogP contribution in [0.25, 0.3) is 0 Å². The Morgan fingerprint density at radius 1 is 1.28 bits per heavy atom. The molecule has 0 saturated carbocycles. The van der Waals surface area contributed by atoms with E-state index in [9.17, 15) is 10.1 Å². The maximum atomic E-state index is 12.3. The Morgan fingerprint density at radius 3 is 2.76 bits per heavy atom. The minimum Gasteiger partial charge on any atom is -0.323 e. The number of nitriles is 1. The van der Waals surface area contributed by atoms with Crippen LogP contribution < -0.4 is 10.6 Å². The largest absolute Gasteiger partial charge is 0.323 e. The number of hydrogen-bond acceptors (Lipinski definition) is 4. The number of hydrogen-bond donors (Lipinski definition) is 2. The summed E-state index contributed by atoms with van der Waals surface area (Å²) in [6, 6.07) is 6.86. The topological polar surface area (TPSA) is 64.9 Å². The van der Waals surface area contributed by atoms with Crippen LogP contribution in [0.4, 0.5) is 5.00 Å². The number of amides is 1. The van der Waals surface area contributed by atoms with Crippen LogP contribution in [0, 0.1) is 11.3 Å². The fraction of sp³-hybridized carbons (Fsp3) is 0.235. The van der Waals surface area contributed by atoms with E-state index < -0.39 is 5.91 Å². The molecular formula is C17H13Cl2N3OS2. The molecule has 8 heteroatoms. The lowest BCUT2D eigenvalue weighted by Gasteiger charge is -2.10. The Kier molecular flexibility index (Phi) is 5.60. The summed E-state index contributed by atoms with van der Waals surface area (Å²) in [7, 11) is 0. The van der Waals surface area contributed by atoms with Gasteiger partial charge in [-0.2, -0.15) is 5.26 Å². The molecule has 2 aromatic rings. The number of thiocarbonyl (C=S) groups is 1. The number of fused-ring (bicyclic) bond motifs is 1. The number of benzene rings is 1. The molecular weight excluding hydrogens is 397 g/mol. The van der Waals surface area contributed by atoms with E-state index in [-0.39, 0.29) is 15.7 Å². The molecule has 1 amide bonds. The number of nitrogens with one attached hydrogen (secondary N) is 2. The van der Waals surface area contributed by atoms with E-state index in [0.717, 1.165) is 31.2 Å². The molecule has 2 N–H and O–H groups in total. The van der Waals surface area contributed by atoms with Crippen LogP contribution in [-0.2, 0) is 12.8 Å². The smallest absolute Gasteiger partial charge is 0.258 e. The van der Waals surface area contributed by atoms with Gasteiger partial charge >= 0.3 is 0 Å². The predicted octanol–water partition coefficient (Wildman–Crippen LogP) is 4.93. The fourth-order valence-corrected chi connectivity index (χ4v) is 4.75. The van der Waals surface area contributed by atoms with Crippen molar-refractivity contribution in [2.24, 2.45) is 0 Å². The van der Waals surface area contributed by atoms with Crippen LogP contribution in [0.1, 0.15) is 39.2 Å². The zero-order chi connectivity index (χ0) is 18.0. The van der Waals surface area contributed by atoms with E-state index >= 15 is 0 Å². The molecule has 25 heavy (non-hydrogen) atoms. The van der Waals surface area contributed by atoms with Crippen molar-refractivity contribution in [3.05, 3.63) is 49.8 Å². The first kappa shape index (κ1) is 18.2. The molecule has 0 spiro atoms. The number of halogens is 2. The number of thiophene rings is 1. The van der Waals surface area contributed by atoms with Crippen LogP contribution in [-0.4, -0.2) is 11.0 Å². The highest BCUT2D eigenvalue weighted by atomic mass is 35.5. The maximum Gasteiger partial charge on any atom is 0.258 e. The average Bonchev–Trinajstić information content (AvgIpc) is 2.91. The molecule has 128 valence electrons. The normalized spacial score (nSPS) is 12.8. The van der Waals surface area contributed by atoms with Crippen LogP contribution in [0.3, 0.4) is 0 Å². The van der Waals surface area contributed by atoms with Crippen molar-refractivity contribution in [3.63, 3.8) is 0 Å². The molecule has 4 nitrogen and oxygen atoms in total. The third-order valence-electron chi connectivity index (χ3n) is 3.91. The summed E-state index contributed by atoms with van der Waals surface area (Å²) < 4.78 is 0. The van der Waals surface area contributed by atoms with E-state index in [4.69, 9.17) is 35.4 Å². The summed E-state index contributed by atoms with van der Waals surface area (Å²) in [5.74, 6) is -0.431. The van der Waals surface area contributed by atoms with Gasteiger partial charge in [-0.15, -0.1) is 11.3 Å². The standard InChI is InChI=1S/C17H13Cl2N3OS2/c18-9-5-6-11(13(19)7-9)15(23)21-17(24)22-16-12(8-20)10-3-1-2-4-14(10)25-16/h5-7H,1-4H2,(H2,21,22,23,24). The van der Waals surface area contributed by atoms with Gasteiger partial charge in [-0.3, -0.25) is 10.1 Å². The second-order valence-corrected chi connectivity index (χ2v) is 7.92. The lowest BCUT2D eigenvalue weighted by atomic mass is 9.96. The van der Waals surface area contributed by atoms with E-state index in [0.29, 0.717) is 15.6 Å². The van der Waals surface area contributed by atoms with Gasteiger partial charge in [0.1, 0.15) is 11.1 Å². The van der Waals surface area contributed by atoms with Gasteiger partial charge in [-0.25, -0.2) is 0 Å². The summed E-state index contributed by atoms with van der Waals surface area (Å²) >= 11 is 18.6. The summed E-state index contributed by atoms with van der Waals surface area (Å²) in [6.07, 6.45) is 4.12. The van der Waals surface area contributed by atoms with Crippen LogP contribution in [0.2, 0.25) is 10.0 Å². The summed E-state index contributed by atoms with van der Waals surface area (Å²) in [4.78, 5) is 13.5. The van der Waals surface area contributed by atoms with Gasteiger partial charge in [0.15, 0.2) is 5.11 Å². The van der Waals surface area contributed by atoms with Crippen molar-refractivity contribution in [2.75, 3.05) is 5.32 Å². The number of nitrogens with zero attached hydrogens (tertiary/aromatic N) is 1. The number of carbonyl (C=O) groups excluding carboxylic acids is 1. The van der Waals surface area contributed by atoms with E-state index in [1.807, 2.05) is 0 Å². The first-order chi connectivity index (χ1) is 12.0. The summed E-state index contributed by atoms with van der Waals surface area (Å²) in [5, 5.41) is 16.5. The van der Waals surface area contributed by atoms with Gasteiger partial charge in [0.2, 0.25) is 0 Å². The third kappa shape index (κ3) is 3.96. The van der Waals surface area contributed by atoms with Crippen LogP contribution in [0.5, 0.6) is 0 Å². The van der Waals surface area contributed by atoms with Crippen LogP contribution >= 0.6 is 46.8 Å². The molecule has 0 aliphatic heterocycles. The number of aryl methyl sites for hydroxylation is 1. The molecule has 1 aliphatic carbocycles. The Hall–Kier alpha value is -1.65. The molecule has 3 rings (SSSR count). The van der Waals surface area contributed by atoms with Crippen molar-refractivity contribution in [1.29, 1.82) is 5.26 Å². The van der Waals surface area contributed by atoms with Gasteiger partial charge in [0.05, 0.1) is 16.1 Å². The highest BCUT2D eigenvalue weighted by molar-refractivity contribution is 7.80. The molecule has 0 saturated heterocycles. The summed E-state index contributed by atoms with van der Waals surface area (Å²) in [6.45, 7) is 0. The highest BCUT2D eigenvalue weighted by Gasteiger charge is 2.21. The minimum absolute atomic E-state index is 0.131. The fourth-order valence-electron chi connectivity index (χ4n) is 2.75. The molecule has 1 aromatic heterocycles. The van der Waals surface area contributed by atoms with E-state index in [1.165, 1.54) is 28.3 Å². The van der Waals surface area contributed by atoms with Gasteiger partial charge < -0.3 is 5.32 Å². The molecule has 0 radical (unpaired) electrons. The Morgan fingerprint density at radius 2 is 2.04 bits per heavy atom. The number of rotatable bonds is 2. The molecule has 1 heterocycles. The monoisotopic (exact) mass is 409 g/mol. The Labute approximate surface area is 164 Å². The van der Waals surface area contributed by atoms with E-state index in [2.05, 4.69) is 16.7 Å². The Bertz CT molecular complexity index is 902. The van der Waals surface area contributed by atoms with Gasteiger partial charge in [-0.1, -0.05) is 23.2 Å². The van der Waals surface area contributed by atoms with Gasteiger partial charge in [0, 0.05) is 9.90 Å². The maximum absolute atomic E-state index is 12.3. The van der Waals surface area contributed by atoms with Gasteiger partial charge in [-0.05, 0) is 61.7 Å². The zero-order valence-electron chi connectivity index (χ0n) is 13.0. The molecule has 0 bridgehead atoms. The molecule has 0 unspecified atom stereocenters. The number of carbonyl (C=O) groups is 1. The minimum atomic E-state index is -0.431. The molecule has 0 atom stereocenters. The Balaban J connectivity index is 1.74. The second kappa shape index (κ2) is 7.71. The molecule has 1 aromatic carbocycles. The van der Waals surface area contributed by atoms with Crippen molar-refractivity contribution in [1.82, 2.24) is 5.32 Å². The first-order valence-corrected chi connectivity index (χ1v) is 9.59. The lowest BCUT2D eigenvalue weighted by molar-refractivity contribution is 0.0978. The molecule has 0 fully saturated rings. The first-order valence-electron chi connectivity index (χ1n) is 7.61. The van der Waals surface area contributed by atoms with E-state index in [1.54, 1.807) is 6.07 Å². The average molecular weight is 410 g/mol. The second-order valence-electron chi connectivity index (χ2n) is 5.56. The number of anilines is 1. The van der Waals surface area contributed by atoms with Crippen molar-refractivity contribution < 1.29 is 4.79 Å². The lowest BCUT2D eigenvalue weighted by Crippen LogP contribution is -2.34.